The Bertz CT molecular complexity index is 270. The summed E-state index contributed by atoms with van der Waals surface area (Å²) in [6.07, 6.45) is -4.42. The minimum atomic E-state index is -4.43. The third-order valence-electron chi connectivity index (χ3n) is 3.21. The van der Waals surface area contributed by atoms with Crippen molar-refractivity contribution in [3.05, 3.63) is 0 Å². The average Bonchev–Trinajstić information content (AvgIpc) is 2.15. The lowest BCUT2D eigenvalue weighted by atomic mass is 9.89. The molecule has 1 aliphatic heterocycles. The van der Waals surface area contributed by atoms with E-state index in [1.54, 1.807) is 0 Å². The molecular formula is C11H19F3N2O. The van der Waals surface area contributed by atoms with Gasteiger partial charge in [-0.3, -0.25) is 4.79 Å². The molecule has 1 aliphatic rings. The van der Waals surface area contributed by atoms with Gasteiger partial charge in [0, 0.05) is 18.6 Å². The standard InChI is InChI=1S/C11H19F3N2O/c1-3-16-6-4-10(2,5-7-16)15-9(17)8-11(12,13)14/h3-8H2,1-2H3,(H,15,17). The number of rotatable bonds is 3. The van der Waals surface area contributed by atoms with Crippen LogP contribution in [0.1, 0.15) is 33.1 Å². The van der Waals surface area contributed by atoms with Crippen LogP contribution in [0.2, 0.25) is 0 Å². The molecule has 0 saturated carbocycles. The minimum Gasteiger partial charge on any atom is -0.351 e. The highest BCUT2D eigenvalue weighted by molar-refractivity contribution is 5.77. The van der Waals surface area contributed by atoms with E-state index in [2.05, 4.69) is 10.2 Å². The molecule has 1 amide bonds. The van der Waals surface area contributed by atoms with Gasteiger partial charge in [-0.15, -0.1) is 0 Å². The Balaban J connectivity index is 2.43. The van der Waals surface area contributed by atoms with Crippen LogP contribution in [0.3, 0.4) is 0 Å². The van der Waals surface area contributed by atoms with E-state index in [9.17, 15) is 18.0 Å². The van der Waals surface area contributed by atoms with Gasteiger partial charge in [-0.2, -0.15) is 13.2 Å². The highest BCUT2D eigenvalue weighted by Gasteiger charge is 2.36. The first-order valence-corrected chi connectivity index (χ1v) is 5.84. The molecule has 0 aromatic carbocycles. The number of carbonyl (C=O) groups excluding carboxylic acids is 1. The summed E-state index contributed by atoms with van der Waals surface area (Å²) >= 11 is 0. The van der Waals surface area contributed by atoms with Gasteiger partial charge >= 0.3 is 6.18 Å². The lowest BCUT2D eigenvalue weighted by molar-refractivity contribution is -0.155. The van der Waals surface area contributed by atoms with E-state index in [0.29, 0.717) is 12.8 Å². The largest absolute Gasteiger partial charge is 0.397 e. The van der Waals surface area contributed by atoms with Crippen LogP contribution in [0.4, 0.5) is 13.2 Å². The summed E-state index contributed by atoms with van der Waals surface area (Å²) in [4.78, 5) is 13.5. The van der Waals surface area contributed by atoms with Crippen LogP contribution < -0.4 is 5.32 Å². The fourth-order valence-corrected chi connectivity index (χ4v) is 2.05. The third-order valence-corrected chi connectivity index (χ3v) is 3.21. The summed E-state index contributed by atoms with van der Waals surface area (Å²) in [5.41, 5.74) is -0.492. The summed E-state index contributed by atoms with van der Waals surface area (Å²) in [6.45, 7) is 6.43. The second-order valence-electron chi connectivity index (χ2n) is 4.84. The van der Waals surface area contributed by atoms with Crippen molar-refractivity contribution in [1.29, 1.82) is 0 Å². The van der Waals surface area contributed by atoms with E-state index in [0.717, 1.165) is 19.6 Å². The number of nitrogens with one attached hydrogen (secondary N) is 1. The van der Waals surface area contributed by atoms with Crippen LogP contribution in [0.15, 0.2) is 0 Å². The predicted octanol–water partition coefficient (Wildman–Crippen LogP) is 1.93. The van der Waals surface area contributed by atoms with Crippen molar-refractivity contribution in [3.63, 3.8) is 0 Å². The number of piperidine rings is 1. The fourth-order valence-electron chi connectivity index (χ4n) is 2.05. The minimum absolute atomic E-state index is 0.492. The molecule has 100 valence electrons. The average molecular weight is 252 g/mol. The molecule has 3 nitrogen and oxygen atoms in total. The molecule has 1 heterocycles. The van der Waals surface area contributed by atoms with Gasteiger partial charge in [-0.25, -0.2) is 0 Å². The summed E-state index contributed by atoms with van der Waals surface area (Å²) < 4.78 is 36.1. The van der Waals surface area contributed by atoms with Crippen molar-refractivity contribution in [3.8, 4) is 0 Å². The lowest BCUT2D eigenvalue weighted by Crippen LogP contribution is -2.53. The first kappa shape index (κ1) is 14.3. The van der Waals surface area contributed by atoms with Gasteiger partial charge in [0.15, 0.2) is 0 Å². The van der Waals surface area contributed by atoms with Crippen molar-refractivity contribution >= 4 is 5.91 Å². The van der Waals surface area contributed by atoms with E-state index in [-0.39, 0.29) is 0 Å². The second-order valence-corrected chi connectivity index (χ2v) is 4.84. The quantitative estimate of drug-likeness (QED) is 0.832. The first-order valence-electron chi connectivity index (χ1n) is 5.84. The van der Waals surface area contributed by atoms with Crippen LogP contribution in [-0.4, -0.2) is 42.2 Å². The number of likely N-dealkylation sites (tertiary alicyclic amines) is 1. The molecule has 0 bridgehead atoms. The van der Waals surface area contributed by atoms with Crippen LogP contribution >= 0.6 is 0 Å². The Kier molecular flexibility index (Phi) is 4.41. The summed E-state index contributed by atoms with van der Waals surface area (Å²) in [7, 11) is 0. The van der Waals surface area contributed by atoms with Crippen molar-refractivity contribution in [2.75, 3.05) is 19.6 Å². The molecule has 1 fully saturated rings. The van der Waals surface area contributed by atoms with Crippen LogP contribution in [0, 0.1) is 0 Å². The highest BCUT2D eigenvalue weighted by Crippen LogP contribution is 2.24. The molecule has 1 saturated heterocycles. The van der Waals surface area contributed by atoms with Crippen molar-refractivity contribution < 1.29 is 18.0 Å². The van der Waals surface area contributed by atoms with E-state index in [4.69, 9.17) is 0 Å². The number of amides is 1. The summed E-state index contributed by atoms with van der Waals surface area (Å²) in [6, 6.07) is 0. The lowest BCUT2D eigenvalue weighted by Gasteiger charge is -2.39. The highest BCUT2D eigenvalue weighted by atomic mass is 19.4. The Hall–Kier alpha value is -0.780. The zero-order valence-corrected chi connectivity index (χ0v) is 10.2. The van der Waals surface area contributed by atoms with Gasteiger partial charge in [-0.1, -0.05) is 6.92 Å². The topological polar surface area (TPSA) is 32.3 Å². The first-order chi connectivity index (χ1) is 7.74. The molecule has 0 aliphatic carbocycles. The summed E-state index contributed by atoms with van der Waals surface area (Å²) in [5, 5.41) is 2.51. The number of hydrogen-bond donors (Lipinski definition) is 1. The van der Waals surface area contributed by atoms with Crippen molar-refractivity contribution in [2.45, 2.75) is 44.8 Å². The fraction of sp³-hybridized carbons (Fsp3) is 0.909. The number of carbonyl (C=O) groups is 1. The van der Waals surface area contributed by atoms with Crippen molar-refractivity contribution in [1.82, 2.24) is 10.2 Å². The SMILES string of the molecule is CCN1CCC(C)(NC(=O)CC(F)(F)F)CC1. The molecular weight excluding hydrogens is 233 g/mol. The van der Waals surface area contributed by atoms with Gasteiger partial charge in [0.25, 0.3) is 0 Å². The molecule has 0 aromatic heterocycles. The molecule has 1 rings (SSSR count). The molecule has 0 aromatic rings. The van der Waals surface area contributed by atoms with Crippen LogP contribution in [0.5, 0.6) is 0 Å². The second kappa shape index (κ2) is 5.25. The monoisotopic (exact) mass is 252 g/mol. The Morgan fingerprint density at radius 3 is 2.29 bits per heavy atom. The molecule has 0 atom stereocenters. The summed E-state index contributed by atoms with van der Waals surface area (Å²) in [5.74, 6) is -0.926. The molecule has 17 heavy (non-hydrogen) atoms. The smallest absolute Gasteiger partial charge is 0.351 e. The molecule has 0 radical (unpaired) electrons. The number of halogens is 3. The maximum absolute atomic E-state index is 12.0. The Morgan fingerprint density at radius 1 is 1.35 bits per heavy atom. The van der Waals surface area contributed by atoms with Gasteiger partial charge in [-0.05, 0) is 26.3 Å². The van der Waals surface area contributed by atoms with E-state index >= 15 is 0 Å². The number of hydrogen-bond acceptors (Lipinski definition) is 2. The van der Waals surface area contributed by atoms with Crippen LogP contribution in [-0.2, 0) is 4.79 Å². The number of nitrogens with zero attached hydrogens (tertiary/aromatic N) is 1. The molecule has 0 unspecified atom stereocenters. The van der Waals surface area contributed by atoms with Gasteiger partial charge in [0.1, 0.15) is 6.42 Å². The van der Waals surface area contributed by atoms with Crippen LogP contribution in [0.25, 0.3) is 0 Å². The zero-order valence-electron chi connectivity index (χ0n) is 10.2. The van der Waals surface area contributed by atoms with E-state index < -0.39 is 24.0 Å². The van der Waals surface area contributed by atoms with Crippen molar-refractivity contribution in [2.24, 2.45) is 0 Å². The Labute approximate surface area is 99.4 Å². The molecule has 1 N–H and O–H groups in total. The third kappa shape index (κ3) is 4.93. The van der Waals surface area contributed by atoms with Gasteiger partial charge < -0.3 is 10.2 Å². The van der Waals surface area contributed by atoms with E-state index in [1.165, 1.54) is 0 Å². The van der Waals surface area contributed by atoms with Gasteiger partial charge in [0.2, 0.25) is 5.91 Å². The molecule has 0 spiro atoms. The zero-order chi connectivity index (χ0) is 13.1. The molecule has 6 heteroatoms. The van der Waals surface area contributed by atoms with Gasteiger partial charge in [0.05, 0.1) is 0 Å². The normalized spacial score (nSPS) is 21.2. The number of alkyl halides is 3. The maximum atomic E-state index is 12.0. The maximum Gasteiger partial charge on any atom is 0.397 e. The Morgan fingerprint density at radius 2 is 1.88 bits per heavy atom. The predicted molar refractivity (Wildman–Crippen MR) is 58.6 cm³/mol. The van der Waals surface area contributed by atoms with E-state index in [1.807, 2.05) is 13.8 Å².